The first-order chi connectivity index (χ1) is 6.83. The van der Waals surface area contributed by atoms with Gasteiger partial charge in [-0.05, 0) is 17.5 Å². The van der Waals surface area contributed by atoms with E-state index in [1.165, 1.54) is 5.56 Å². The van der Waals surface area contributed by atoms with Crippen LogP contribution in [0.1, 0.15) is 27.9 Å². The molecule has 0 fully saturated rings. The van der Waals surface area contributed by atoms with Crippen molar-refractivity contribution >= 4 is 11.9 Å². The van der Waals surface area contributed by atoms with Crippen molar-refractivity contribution in [3.63, 3.8) is 0 Å². The zero-order valence-electron chi connectivity index (χ0n) is 7.99. The SMILES string of the molecule is NCC=Cc1cccc2c1CCC2=O. The van der Waals surface area contributed by atoms with Gasteiger partial charge < -0.3 is 5.73 Å². The van der Waals surface area contributed by atoms with Gasteiger partial charge in [0.05, 0.1) is 0 Å². The summed E-state index contributed by atoms with van der Waals surface area (Å²) in [5.41, 5.74) is 8.61. The Morgan fingerprint density at radius 3 is 3.00 bits per heavy atom. The molecule has 2 nitrogen and oxygen atoms in total. The second-order valence-corrected chi connectivity index (χ2v) is 3.43. The molecule has 0 aliphatic heterocycles. The number of carbonyl (C=O) groups excluding carboxylic acids is 1. The van der Waals surface area contributed by atoms with Crippen LogP contribution in [0.3, 0.4) is 0 Å². The monoisotopic (exact) mass is 187 g/mol. The van der Waals surface area contributed by atoms with Crippen LogP contribution in [0.5, 0.6) is 0 Å². The van der Waals surface area contributed by atoms with Crippen LogP contribution in [0.25, 0.3) is 6.08 Å². The van der Waals surface area contributed by atoms with Crippen molar-refractivity contribution in [2.45, 2.75) is 12.8 Å². The maximum absolute atomic E-state index is 11.4. The summed E-state index contributed by atoms with van der Waals surface area (Å²) in [7, 11) is 0. The number of hydrogen-bond acceptors (Lipinski definition) is 2. The Morgan fingerprint density at radius 1 is 1.36 bits per heavy atom. The van der Waals surface area contributed by atoms with Gasteiger partial charge in [-0.3, -0.25) is 4.79 Å². The van der Waals surface area contributed by atoms with Gasteiger partial charge in [-0.25, -0.2) is 0 Å². The normalized spacial score (nSPS) is 15.1. The predicted molar refractivity (Wildman–Crippen MR) is 57.2 cm³/mol. The van der Waals surface area contributed by atoms with Crippen LogP contribution in [0, 0.1) is 0 Å². The summed E-state index contributed by atoms with van der Waals surface area (Å²) in [5, 5.41) is 0. The second-order valence-electron chi connectivity index (χ2n) is 3.43. The lowest BCUT2D eigenvalue weighted by molar-refractivity contribution is 0.0994. The fourth-order valence-electron chi connectivity index (χ4n) is 1.87. The van der Waals surface area contributed by atoms with Crippen LogP contribution < -0.4 is 5.73 Å². The third kappa shape index (κ3) is 1.49. The van der Waals surface area contributed by atoms with Gasteiger partial charge in [0.2, 0.25) is 0 Å². The van der Waals surface area contributed by atoms with Crippen LogP contribution in [0.15, 0.2) is 24.3 Å². The average molecular weight is 187 g/mol. The third-order valence-corrected chi connectivity index (χ3v) is 2.55. The molecule has 0 heterocycles. The van der Waals surface area contributed by atoms with Crippen molar-refractivity contribution in [2.24, 2.45) is 5.73 Å². The molecule has 14 heavy (non-hydrogen) atoms. The first-order valence-electron chi connectivity index (χ1n) is 4.84. The molecule has 0 saturated heterocycles. The molecule has 2 heteroatoms. The van der Waals surface area contributed by atoms with Gasteiger partial charge in [0.25, 0.3) is 0 Å². The predicted octanol–water partition coefficient (Wildman–Crippen LogP) is 1.79. The number of ketones is 1. The van der Waals surface area contributed by atoms with E-state index in [1.807, 2.05) is 30.4 Å². The van der Waals surface area contributed by atoms with E-state index in [1.54, 1.807) is 0 Å². The highest BCUT2D eigenvalue weighted by Crippen LogP contribution is 2.25. The molecule has 1 aliphatic carbocycles. The highest BCUT2D eigenvalue weighted by molar-refractivity contribution is 6.01. The largest absolute Gasteiger partial charge is 0.327 e. The molecule has 0 aromatic heterocycles. The van der Waals surface area contributed by atoms with Crippen molar-refractivity contribution in [3.05, 3.63) is 41.0 Å². The van der Waals surface area contributed by atoms with Gasteiger partial charge in [-0.15, -0.1) is 0 Å². The van der Waals surface area contributed by atoms with Gasteiger partial charge in [-0.2, -0.15) is 0 Å². The molecular formula is C12H13NO. The summed E-state index contributed by atoms with van der Waals surface area (Å²) in [6.07, 6.45) is 5.44. The lowest BCUT2D eigenvalue weighted by Crippen LogP contribution is -1.94. The highest BCUT2D eigenvalue weighted by atomic mass is 16.1. The summed E-state index contributed by atoms with van der Waals surface area (Å²) in [6.45, 7) is 0.539. The second kappa shape index (κ2) is 3.76. The number of nitrogens with two attached hydrogens (primary N) is 1. The summed E-state index contributed by atoms with van der Waals surface area (Å²) >= 11 is 0. The first-order valence-corrected chi connectivity index (χ1v) is 4.84. The number of carbonyl (C=O) groups is 1. The van der Waals surface area contributed by atoms with Crippen molar-refractivity contribution in [3.8, 4) is 0 Å². The molecule has 0 saturated carbocycles. The molecular weight excluding hydrogens is 174 g/mol. The number of Topliss-reactive ketones (excluding diaryl/α,β-unsaturated/α-hetero) is 1. The van der Waals surface area contributed by atoms with Crippen LogP contribution >= 0.6 is 0 Å². The van der Waals surface area contributed by atoms with E-state index < -0.39 is 0 Å². The van der Waals surface area contributed by atoms with Crippen LogP contribution in [-0.2, 0) is 6.42 Å². The lowest BCUT2D eigenvalue weighted by Gasteiger charge is -2.01. The molecule has 1 aromatic carbocycles. The smallest absolute Gasteiger partial charge is 0.163 e. The number of fused-ring (bicyclic) bond motifs is 1. The minimum absolute atomic E-state index is 0.267. The van der Waals surface area contributed by atoms with Crippen molar-refractivity contribution in [1.29, 1.82) is 0 Å². The Bertz CT molecular complexity index is 393. The minimum atomic E-state index is 0.267. The Labute approximate surface area is 83.4 Å². The number of hydrogen-bond donors (Lipinski definition) is 1. The minimum Gasteiger partial charge on any atom is -0.327 e. The van der Waals surface area contributed by atoms with E-state index >= 15 is 0 Å². The van der Waals surface area contributed by atoms with Gasteiger partial charge in [0.1, 0.15) is 0 Å². The Kier molecular flexibility index (Phi) is 2.46. The quantitative estimate of drug-likeness (QED) is 0.767. The Hall–Kier alpha value is -1.41. The highest BCUT2D eigenvalue weighted by Gasteiger charge is 2.20. The lowest BCUT2D eigenvalue weighted by atomic mass is 10.0. The maximum Gasteiger partial charge on any atom is 0.163 e. The molecule has 0 amide bonds. The third-order valence-electron chi connectivity index (χ3n) is 2.55. The van der Waals surface area contributed by atoms with E-state index in [9.17, 15) is 4.79 Å². The van der Waals surface area contributed by atoms with Gasteiger partial charge in [0, 0.05) is 18.5 Å². The summed E-state index contributed by atoms with van der Waals surface area (Å²) in [4.78, 5) is 11.4. The summed E-state index contributed by atoms with van der Waals surface area (Å²) in [5.74, 6) is 0.267. The molecule has 0 atom stereocenters. The number of rotatable bonds is 2. The summed E-state index contributed by atoms with van der Waals surface area (Å²) < 4.78 is 0. The fourth-order valence-corrected chi connectivity index (χ4v) is 1.87. The molecule has 0 radical (unpaired) electrons. The first kappa shape index (κ1) is 9.16. The fraction of sp³-hybridized carbons (Fsp3) is 0.250. The van der Waals surface area contributed by atoms with Gasteiger partial charge >= 0.3 is 0 Å². The molecule has 1 aliphatic rings. The van der Waals surface area contributed by atoms with E-state index in [2.05, 4.69) is 0 Å². The molecule has 2 N–H and O–H groups in total. The molecule has 2 rings (SSSR count). The van der Waals surface area contributed by atoms with Crippen molar-refractivity contribution in [2.75, 3.05) is 6.54 Å². The van der Waals surface area contributed by atoms with Gasteiger partial charge in [-0.1, -0.05) is 30.4 Å². The molecule has 0 bridgehead atoms. The molecule has 0 spiro atoms. The Balaban J connectivity index is 2.44. The van der Waals surface area contributed by atoms with E-state index in [4.69, 9.17) is 5.73 Å². The van der Waals surface area contributed by atoms with Gasteiger partial charge in [0.15, 0.2) is 5.78 Å². The number of benzene rings is 1. The molecule has 72 valence electrons. The maximum atomic E-state index is 11.4. The van der Waals surface area contributed by atoms with Crippen molar-refractivity contribution in [1.82, 2.24) is 0 Å². The van der Waals surface area contributed by atoms with E-state index in [-0.39, 0.29) is 5.78 Å². The summed E-state index contributed by atoms with van der Waals surface area (Å²) in [6, 6.07) is 5.87. The van der Waals surface area contributed by atoms with E-state index in [0.717, 1.165) is 17.5 Å². The van der Waals surface area contributed by atoms with Crippen LogP contribution in [-0.4, -0.2) is 12.3 Å². The van der Waals surface area contributed by atoms with Crippen LogP contribution in [0.2, 0.25) is 0 Å². The zero-order valence-corrected chi connectivity index (χ0v) is 7.99. The molecule has 0 unspecified atom stereocenters. The van der Waals surface area contributed by atoms with E-state index in [0.29, 0.717) is 13.0 Å². The Morgan fingerprint density at radius 2 is 2.21 bits per heavy atom. The van der Waals surface area contributed by atoms with Crippen LogP contribution in [0.4, 0.5) is 0 Å². The average Bonchev–Trinajstić information content (AvgIpc) is 2.58. The van der Waals surface area contributed by atoms with Crippen molar-refractivity contribution < 1.29 is 4.79 Å². The molecule has 1 aromatic rings. The topological polar surface area (TPSA) is 43.1 Å². The standard InChI is InChI=1S/C12H13NO/c13-8-2-4-9-3-1-5-11-10(9)6-7-12(11)14/h1-5H,6-8,13H2. The zero-order chi connectivity index (χ0) is 9.97.